The molecule has 1 aliphatic rings. The van der Waals surface area contributed by atoms with Crippen LogP contribution in [0.3, 0.4) is 0 Å². The first-order chi connectivity index (χ1) is 9.88. The van der Waals surface area contributed by atoms with Gasteiger partial charge >= 0.3 is 5.97 Å². The van der Waals surface area contributed by atoms with Gasteiger partial charge in [0.1, 0.15) is 0 Å². The van der Waals surface area contributed by atoms with Gasteiger partial charge in [-0.3, -0.25) is 9.59 Å². The largest absolute Gasteiger partial charge is 0.481 e. The Kier molecular flexibility index (Phi) is 5.09. The molecule has 2 rings (SSSR count). The first kappa shape index (κ1) is 16.5. The van der Waals surface area contributed by atoms with Gasteiger partial charge in [-0.15, -0.1) is 0 Å². The molecule has 0 bridgehead atoms. The van der Waals surface area contributed by atoms with Crippen LogP contribution in [0.4, 0.5) is 0 Å². The summed E-state index contributed by atoms with van der Waals surface area (Å²) < 4.78 is 1.63. The van der Waals surface area contributed by atoms with Crippen LogP contribution in [0.2, 0.25) is 0 Å². The zero-order valence-electron chi connectivity index (χ0n) is 11.7. The van der Waals surface area contributed by atoms with Crippen molar-refractivity contribution in [3.05, 3.63) is 32.7 Å². The number of carbonyl (C=O) groups is 2. The summed E-state index contributed by atoms with van der Waals surface area (Å²) in [6.45, 7) is 2.76. The van der Waals surface area contributed by atoms with Gasteiger partial charge in [0.15, 0.2) is 0 Å². The van der Waals surface area contributed by atoms with Gasteiger partial charge < -0.3 is 10.0 Å². The van der Waals surface area contributed by atoms with Crippen molar-refractivity contribution in [3.63, 3.8) is 0 Å². The number of hydrogen-bond donors (Lipinski definition) is 1. The van der Waals surface area contributed by atoms with Gasteiger partial charge in [0, 0.05) is 27.6 Å². The number of carbonyl (C=O) groups excluding carboxylic acids is 1. The molecule has 1 aliphatic heterocycles. The van der Waals surface area contributed by atoms with Crippen LogP contribution in [0.15, 0.2) is 27.1 Å². The van der Waals surface area contributed by atoms with E-state index in [0.29, 0.717) is 24.9 Å². The average Bonchev–Trinajstić information content (AvgIpc) is 2.45. The maximum Gasteiger partial charge on any atom is 0.311 e. The van der Waals surface area contributed by atoms with E-state index in [2.05, 4.69) is 31.9 Å². The van der Waals surface area contributed by atoms with Crippen molar-refractivity contribution in [2.24, 2.45) is 5.41 Å². The highest BCUT2D eigenvalue weighted by atomic mass is 79.9. The number of piperidine rings is 1. The predicted octanol–water partition coefficient (Wildman–Crippen LogP) is 3.93. The molecule has 1 aromatic rings. The normalized spacial score (nSPS) is 22.1. The number of nitrogens with zero attached hydrogens (tertiary/aromatic N) is 1. The van der Waals surface area contributed by atoms with Crippen molar-refractivity contribution >= 4 is 43.7 Å². The van der Waals surface area contributed by atoms with Crippen molar-refractivity contribution < 1.29 is 14.7 Å². The second-order valence-electron chi connectivity index (χ2n) is 5.43. The van der Waals surface area contributed by atoms with Gasteiger partial charge in [0.25, 0.3) is 5.91 Å². The molecule has 114 valence electrons. The molecule has 4 nitrogen and oxygen atoms in total. The second-order valence-corrected chi connectivity index (χ2v) is 7.26. The summed E-state index contributed by atoms with van der Waals surface area (Å²) in [5.74, 6) is -0.923. The van der Waals surface area contributed by atoms with Crippen LogP contribution >= 0.6 is 31.9 Å². The van der Waals surface area contributed by atoms with Gasteiger partial charge in [0.2, 0.25) is 0 Å². The summed E-state index contributed by atoms with van der Waals surface area (Å²) in [5.41, 5.74) is -0.245. The smallest absolute Gasteiger partial charge is 0.311 e. The van der Waals surface area contributed by atoms with E-state index in [-0.39, 0.29) is 12.5 Å². The molecular formula is C15H17Br2NO3. The van der Waals surface area contributed by atoms with Crippen molar-refractivity contribution in [1.29, 1.82) is 0 Å². The lowest BCUT2D eigenvalue weighted by molar-refractivity contribution is -0.152. The van der Waals surface area contributed by atoms with E-state index in [1.807, 2.05) is 13.0 Å². The van der Waals surface area contributed by atoms with Gasteiger partial charge in [-0.25, -0.2) is 0 Å². The molecule has 0 aliphatic carbocycles. The Hall–Kier alpha value is -0.880. The predicted molar refractivity (Wildman–Crippen MR) is 87.3 cm³/mol. The molecule has 0 radical (unpaired) electrons. The Labute approximate surface area is 140 Å². The van der Waals surface area contributed by atoms with Crippen LogP contribution in [0, 0.1) is 5.41 Å². The van der Waals surface area contributed by atoms with Crippen LogP contribution in [0.1, 0.15) is 36.5 Å². The van der Waals surface area contributed by atoms with Crippen LogP contribution < -0.4 is 0 Å². The average molecular weight is 419 g/mol. The molecule has 6 heteroatoms. The molecule has 1 aromatic carbocycles. The number of carboxylic acid groups (broad SMARTS) is 1. The van der Waals surface area contributed by atoms with E-state index in [9.17, 15) is 14.7 Å². The first-order valence-corrected chi connectivity index (χ1v) is 8.45. The minimum Gasteiger partial charge on any atom is -0.481 e. The molecule has 0 aromatic heterocycles. The Balaban J connectivity index is 2.25. The minimum absolute atomic E-state index is 0.115. The first-order valence-electron chi connectivity index (χ1n) is 6.87. The molecular weight excluding hydrogens is 402 g/mol. The lowest BCUT2D eigenvalue weighted by Gasteiger charge is -2.39. The summed E-state index contributed by atoms with van der Waals surface area (Å²) in [6, 6.07) is 5.38. The summed E-state index contributed by atoms with van der Waals surface area (Å²) in [5, 5.41) is 9.49. The number of aliphatic carboxylic acids is 1. The number of likely N-dealkylation sites (tertiary alicyclic amines) is 1. The standard InChI is InChI=1S/C15H17Br2NO3/c1-2-15(14(20)21)4-3-5-18(9-15)13(19)10-6-11(16)8-12(17)7-10/h6-8H,2-5,9H2,1H3,(H,20,21). The molecule has 1 saturated heterocycles. The van der Waals surface area contributed by atoms with Crippen LogP contribution in [0.5, 0.6) is 0 Å². The SMILES string of the molecule is CCC1(C(=O)O)CCCN(C(=O)c2cc(Br)cc(Br)c2)C1. The molecule has 1 amide bonds. The molecule has 1 unspecified atom stereocenters. The highest BCUT2D eigenvalue weighted by molar-refractivity contribution is 9.11. The summed E-state index contributed by atoms with van der Waals surface area (Å²) in [7, 11) is 0. The van der Waals surface area contributed by atoms with Gasteiger partial charge in [-0.1, -0.05) is 38.8 Å². The van der Waals surface area contributed by atoms with Crippen molar-refractivity contribution in [2.75, 3.05) is 13.1 Å². The fraction of sp³-hybridized carbons (Fsp3) is 0.467. The molecule has 1 N–H and O–H groups in total. The minimum atomic E-state index is -0.808. The third-order valence-corrected chi connectivity index (χ3v) is 5.02. The Morgan fingerprint density at radius 3 is 2.43 bits per heavy atom. The van der Waals surface area contributed by atoms with E-state index < -0.39 is 11.4 Å². The number of benzene rings is 1. The van der Waals surface area contributed by atoms with E-state index in [1.54, 1.807) is 17.0 Å². The Bertz CT molecular complexity index is 556. The molecule has 1 atom stereocenters. The number of rotatable bonds is 3. The maximum atomic E-state index is 12.6. The van der Waals surface area contributed by atoms with Crippen LogP contribution in [0.25, 0.3) is 0 Å². The van der Waals surface area contributed by atoms with Crippen LogP contribution in [-0.2, 0) is 4.79 Å². The fourth-order valence-corrected chi connectivity index (χ4v) is 4.07. The Morgan fingerprint density at radius 2 is 1.90 bits per heavy atom. The third-order valence-electron chi connectivity index (χ3n) is 4.10. The van der Waals surface area contributed by atoms with Gasteiger partial charge in [-0.05, 0) is 37.5 Å². The topological polar surface area (TPSA) is 57.6 Å². The zero-order chi connectivity index (χ0) is 15.6. The van der Waals surface area contributed by atoms with Gasteiger partial charge in [0.05, 0.1) is 5.41 Å². The van der Waals surface area contributed by atoms with E-state index >= 15 is 0 Å². The molecule has 21 heavy (non-hydrogen) atoms. The number of carboxylic acids is 1. The quantitative estimate of drug-likeness (QED) is 0.808. The zero-order valence-corrected chi connectivity index (χ0v) is 14.9. The molecule has 0 saturated carbocycles. The van der Waals surface area contributed by atoms with E-state index in [1.165, 1.54) is 0 Å². The second kappa shape index (κ2) is 6.48. The van der Waals surface area contributed by atoms with Gasteiger partial charge in [-0.2, -0.15) is 0 Å². The number of hydrogen-bond acceptors (Lipinski definition) is 2. The van der Waals surface area contributed by atoms with Crippen molar-refractivity contribution in [1.82, 2.24) is 4.90 Å². The summed E-state index contributed by atoms with van der Waals surface area (Å²) >= 11 is 6.74. The van der Waals surface area contributed by atoms with Crippen molar-refractivity contribution in [3.8, 4) is 0 Å². The van der Waals surface area contributed by atoms with Crippen LogP contribution in [-0.4, -0.2) is 35.0 Å². The molecule has 0 spiro atoms. The number of amides is 1. The highest BCUT2D eigenvalue weighted by Crippen LogP contribution is 2.34. The molecule has 1 heterocycles. The number of halogens is 2. The van der Waals surface area contributed by atoms with E-state index in [0.717, 1.165) is 15.4 Å². The highest BCUT2D eigenvalue weighted by Gasteiger charge is 2.42. The lowest BCUT2D eigenvalue weighted by Crippen LogP contribution is -2.49. The fourth-order valence-electron chi connectivity index (χ4n) is 2.78. The van der Waals surface area contributed by atoms with Crippen molar-refractivity contribution in [2.45, 2.75) is 26.2 Å². The maximum absolute atomic E-state index is 12.6. The lowest BCUT2D eigenvalue weighted by atomic mass is 9.77. The summed E-state index contributed by atoms with van der Waals surface area (Å²) in [4.78, 5) is 25.9. The Morgan fingerprint density at radius 1 is 1.29 bits per heavy atom. The van der Waals surface area contributed by atoms with E-state index in [4.69, 9.17) is 0 Å². The third kappa shape index (κ3) is 3.48. The molecule has 1 fully saturated rings. The summed E-state index contributed by atoms with van der Waals surface area (Å²) in [6.07, 6.45) is 1.89. The monoisotopic (exact) mass is 417 g/mol.